The van der Waals surface area contributed by atoms with Crippen molar-refractivity contribution in [2.75, 3.05) is 18.0 Å². The molecule has 0 radical (unpaired) electrons. The number of aromatic nitrogens is 2. The van der Waals surface area contributed by atoms with Crippen molar-refractivity contribution in [3.63, 3.8) is 0 Å². The lowest BCUT2D eigenvalue weighted by atomic mass is 10.1. The highest BCUT2D eigenvalue weighted by atomic mass is 127. The average molecular weight is 611 g/mol. The summed E-state index contributed by atoms with van der Waals surface area (Å²) in [6.45, 7) is 12.6. The number of carbonyl (C=O) groups excluding carboxylic acids is 1. The molecule has 3 aromatic rings. The topological polar surface area (TPSA) is 84.7 Å². The first-order valence-electron chi connectivity index (χ1n) is 11.5. The maximum Gasteiger partial charge on any atom is 0.410 e. The Kier molecular flexibility index (Phi) is 6.82. The minimum atomic E-state index is -3.77. The molecule has 1 amide bonds. The molecule has 2 aromatic heterocycles. The van der Waals surface area contributed by atoms with Gasteiger partial charge in [0.25, 0.3) is 10.0 Å². The van der Waals surface area contributed by atoms with Gasteiger partial charge < -0.3 is 14.5 Å². The van der Waals surface area contributed by atoms with Crippen LogP contribution in [-0.2, 0) is 14.8 Å². The lowest BCUT2D eigenvalue weighted by molar-refractivity contribution is 0.0130. The number of benzene rings is 1. The highest BCUT2D eigenvalue weighted by Crippen LogP contribution is 2.35. The van der Waals surface area contributed by atoms with Gasteiger partial charge in [-0.3, -0.25) is 0 Å². The van der Waals surface area contributed by atoms with E-state index in [1.165, 1.54) is 3.97 Å². The van der Waals surface area contributed by atoms with E-state index >= 15 is 0 Å². The summed E-state index contributed by atoms with van der Waals surface area (Å²) in [7, 11) is -3.77. The number of halogens is 1. The zero-order chi connectivity index (χ0) is 25.7. The van der Waals surface area contributed by atoms with E-state index in [9.17, 15) is 13.2 Å². The Labute approximate surface area is 220 Å². The molecule has 1 saturated heterocycles. The molecular weight excluding hydrogens is 579 g/mol. The second-order valence-electron chi connectivity index (χ2n) is 10.1. The Hall–Kier alpha value is -2.34. The third-order valence-corrected chi connectivity index (χ3v) is 8.59. The molecule has 188 valence electrons. The fourth-order valence-electron chi connectivity index (χ4n) is 4.33. The van der Waals surface area contributed by atoms with Crippen molar-refractivity contribution in [1.82, 2.24) is 13.9 Å². The Morgan fingerprint density at radius 3 is 2.37 bits per heavy atom. The number of amides is 1. The van der Waals surface area contributed by atoms with Gasteiger partial charge in [0, 0.05) is 41.1 Å². The van der Waals surface area contributed by atoms with Crippen LogP contribution in [0.15, 0.2) is 47.6 Å². The van der Waals surface area contributed by atoms with Crippen LogP contribution in [0.2, 0.25) is 0 Å². The van der Waals surface area contributed by atoms with E-state index in [1.807, 2.05) is 41.5 Å². The number of piperazine rings is 1. The van der Waals surface area contributed by atoms with Gasteiger partial charge in [-0.15, -0.1) is 0 Å². The summed E-state index contributed by atoms with van der Waals surface area (Å²) >= 11 is 2.17. The van der Waals surface area contributed by atoms with E-state index in [1.54, 1.807) is 47.6 Å². The highest BCUT2D eigenvalue weighted by molar-refractivity contribution is 14.1. The molecule has 1 aliphatic heterocycles. The predicted molar refractivity (Wildman–Crippen MR) is 145 cm³/mol. The number of ether oxygens (including phenoxy) is 1. The number of carbonyl (C=O) groups is 1. The second-order valence-corrected chi connectivity index (χ2v) is 13.1. The van der Waals surface area contributed by atoms with Crippen molar-refractivity contribution in [1.29, 1.82) is 0 Å². The van der Waals surface area contributed by atoms with E-state index in [0.717, 1.165) is 14.5 Å². The second kappa shape index (κ2) is 9.27. The van der Waals surface area contributed by atoms with Crippen molar-refractivity contribution in [2.45, 2.75) is 64.1 Å². The van der Waals surface area contributed by atoms with Crippen LogP contribution in [0.5, 0.6) is 0 Å². The summed E-state index contributed by atoms with van der Waals surface area (Å²) < 4.78 is 34.7. The maximum atomic E-state index is 13.5. The summed E-state index contributed by atoms with van der Waals surface area (Å²) in [4.78, 5) is 21.6. The molecule has 0 spiro atoms. The molecule has 0 bridgehead atoms. The van der Waals surface area contributed by atoms with Crippen molar-refractivity contribution in [3.05, 3.63) is 51.9 Å². The molecule has 8 nitrogen and oxygen atoms in total. The van der Waals surface area contributed by atoms with Gasteiger partial charge in [0.1, 0.15) is 11.4 Å². The molecule has 4 rings (SSSR count). The summed E-state index contributed by atoms with van der Waals surface area (Å²) in [5.74, 6) is 0.716. The normalized spacial score (nSPS) is 19.3. The number of aryl methyl sites for hydroxylation is 1. The molecule has 0 aliphatic carbocycles. The number of hydrogen-bond acceptors (Lipinski definition) is 6. The van der Waals surface area contributed by atoms with Gasteiger partial charge in [-0.25, -0.2) is 22.2 Å². The summed E-state index contributed by atoms with van der Waals surface area (Å²) in [5, 5.41) is 0.786. The standard InChI is InChI=1S/C25H31IN4O4S/c1-16-7-9-19(10-8-16)35(32,33)30-15-20(26)22-21(30)11-12-27-23(22)28-13-18(3)29(14-17(28)2)24(31)34-25(4,5)6/h7-12,15,17-18H,13-14H2,1-6H3/t17-,18+/m0/s1. The fourth-order valence-corrected chi connectivity index (χ4v) is 6.68. The molecular formula is C25H31IN4O4S. The van der Waals surface area contributed by atoms with Crippen molar-refractivity contribution in [2.24, 2.45) is 0 Å². The number of nitrogens with zero attached hydrogens (tertiary/aromatic N) is 4. The Morgan fingerprint density at radius 1 is 1.09 bits per heavy atom. The van der Waals surface area contributed by atoms with Gasteiger partial charge in [0.2, 0.25) is 0 Å². The van der Waals surface area contributed by atoms with Crippen molar-refractivity contribution in [3.8, 4) is 0 Å². The number of fused-ring (bicyclic) bond motifs is 1. The third-order valence-electron chi connectivity index (χ3n) is 6.08. The van der Waals surface area contributed by atoms with Gasteiger partial charge in [0.15, 0.2) is 0 Å². The third kappa shape index (κ3) is 5.00. The van der Waals surface area contributed by atoms with Crippen LogP contribution >= 0.6 is 22.6 Å². The van der Waals surface area contributed by atoms with E-state index in [2.05, 4.69) is 32.5 Å². The molecule has 0 N–H and O–H groups in total. The molecule has 1 aromatic carbocycles. The summed E-state index contributed by atoms with van der Waals surface area (Å²) in [6, 6.07) is 8.44. The van der Waals surface area contributed by atoms with Crippen molar-refractivity contribution >= 4 is 55.4 Å². The van der Waals surface area contributed by atoms with Gasteiger partial charge in [0.05, 0.1) is 15.8 Å². The average Bonchev–Trinajstić information content (AvgIpc) is 3.12. The smallest absolute Gasteiger partial charge is 0.410 e. The molecule has 3 heterocycles. The summed E-state index contributed by atoms with van der Waals surface area (Å²) in [6.07, 6.45) is 2.97. The number of hydrogen-bond donors (Lipinski definition) is 0. The lowest BCUT2D eigenvalue weighted by Crippen LogP contribution is -2.59. The Morgan fingerprint density at radius 2 is 1.74 bits per heavy atom. The zero-order valence-corrected chi connectivity index (χ0v) is 23.8. The number of pyridine rings is 1. The maximum absolute atomic E-state index is 13.5. The lowest BCUT2D eigenvalue weighted by Gasteiger charge is -2.44. The Balaban J connectivity index is 1.71. The predicted octanol–water partition coefficient (Wildman–Crippen LogP) is 5.02. The van der Waals surface area contributed by atoms with Crippen LogP contribution in [0.4, 0.5) is 10.6 Å². The SMILES string of the molecule is Cc1ccc(S(=O)(=O)n2cc(I)c3c(N4C[C@@H](C)N(C(=O)OC(C)(C)C)C[C@@H]4C)nccc32)cc1. The van der Waals surface area contributed by atoms with Crippen LogP contribution in [0.25, 0.3) is 10.9 Å². The number of rotatable bonds is 3. The molecule has 1 aliphatic rings. The van der Waals surface area contributed by atoms with Crippen molar-refractivity contribution < 1.29 is 17.9 Å². The largest absolute Gasteiger partial charge is 0.444 e. The van der Waals surface area contributed by atoms with E-state index in [4.69, 9.17) is 4.74 Å². The van der Waals surface area contributed by atoms with Crippen LogP contribution in [0.1, 0.15) is 40.2 Å². The van der Waals surface area contributed by atoms with E-state index < -0.39 is 15.6 Å². The Bertz CT molecular complexity index is 1360. The van der Waals surface area contributed by atoms with Crippen LogP contribution < -0.4 is 4.90 Å². The summed E-state index contributed by atoms with van der Waals surface area (Å²) in [5.41, 5.74) is 1.01. The minimum absolute atomic E-state index is 0.0373. The van der Waals surface area contributed by atoms with Gasteiger partial charge in [-0.05, 0) is 82.3 Å². The molecule has 0 saturated carbocycles. The molecule has 10 heteroatoms. The fraction of sp³-hybridized carbons (Fsp3) is 0.440. The first-order valence-corrected chi connectivity index (χ1v) is 14.1. The van der Waals surface area contributed by atoms with Gasteiger partial charge in [-0.1, -0.05) is 17.7 Å². The minimum Gasteiger partial charge on any atom is -0.444 e. The highest BCUT2D eigenvalue weighted by Gasteiger charge is 2.36. The quantitative estimate of drug-likeness (QED) is 0.388. The first kappa shape index (κ1) is 25.7. The zero-order valence-electron chi connectivity index (χ0n) is 20.8. The van der Waals surface area contributed by atoms with Crippen LogP contribution in [0.3, 0.4) is 0 Å². The molecule has 2 atom stereocenters. The van der Waals surface area contributed by atoms with Crippen LogP contribution in [-0.4, -0.2) is 59.1 Å². The molecule has 0 unspecified atom stereocenters. The van der Waals surface area contributed by atoms with Gasteiger partial charge >= 0.3 is 6.09 Å². The molecule has 1 fully saturated rings. The van der Waals surface area contributed by atoms with E-state index in [0.29, 0.717) is 24.4 Å². The number of anilines is 1. The molecule has 35 heavy (non-hydrogen) atoms. The van der Waals surface area contributed by atoms with Gasteiger partial charge in [-0.2, -0.15) is 0 Å². The monoisotopic (exact) mass is 610 g/mol. The first-order chi connectivity index (χ1) is 16.3. The van der Waals surface area contributed by atoms with E-state index in [-0.39, 0.29) is 23.1 Å². The van der Waals surface area contributed by atoms with Crippen LogP contribution in [0, 0.1) is 10.5 Å².